The van der Waals surface area contributed by atoms with Gasteiger partial charge in [-0.25, -0.2) is 0 Å². The summed E-state index contributed by atoms with van der Waals surface area (Å²) in [6.07, 6.45) is 4.21. The molecule has 0 aliphatic carbocycles. The molecule has 0 fully saturated rings. The maximum atomic E-state index is 5.98. The van der Waals surface area contributed by atoms with Crippen LogP contribution >= 0.6 is 15.9 Å². The number of hydrogen-bond donors (Lipinski definition) is 0. The smallest absolute Gasteiger partial charge is 0.142 e. The molecule has 1 aliphatic heterocycles. The van der Waals surface area contributed by atoms with Gasteiger partial charge in [0.25, 0.3) is 0 Å². The highest BCUT2D eigenvalue weighted by Crippen LogP contribution is 2.34. The summed E-state index contributed by atoms with van der Waals surface area (Å²) >= 11 is 3.46. The van der Waals surface area contributed by atoms with Gasteiger partial charge in [0.05, 0.1) is 0 Å². The summed E-state index contributed by atoms with van der Waals surface area (Å²) < 4.78 is 7.02. The van der Waals surface area contributed by atoms with Crippen LogP contribution in [0.1, 0.15) is 17.2 Å². The number of benzene rings is 2. The Kier molecular flexibility index (Phi) is 2.73. The van der Waals surface area contributed by atoms with Crippen LogP contribution in [0.3, 0.4) is 0 Å². The monoisotopic (exact) mass is 286 g/mol. The SMILES string of the molecule is Brc1ccc2c(c1)O[C@H](c1ccccc1)C=C2. The predicted octanol–water partition coefficient (Wildman–Crippen LogP) is 4.60. The Hall–Kier alpha value is -1.54. The summed E-state index contributed by atoms with van der Waals surface area (Å²) in [6.45, 7) is 0. The van der Waals surface area contributed by atoms with Crippen LogP contribution in [-0.2, 0) is 0 Å². The Morgan fingerprint density at radius 2 is 1.82 bits per heavy atom. The summed E-state index contributed by atoms with van der Waals surface area (Å²) in [6, 6.07) is 16.3. The predicted molar refractivity (Wildman–Crippen MR) is 73.0 cm³/mol. The molecule has 1 aliphatic rings. The molecule has 0 radical (unpaired) electrons. The van der Waals surface area contributed by atoms with Gasteiger partial charge >= 0.3 is 0 Å². The van der Waals surface area contributed by atoms with E-state index in [0.717, 1.165) is 15.8 Å². The van der Waals surface area contributed by atoms with Gasteiger partial charge in [-0.05, 0) is 23.8 Å². The van der Waals surface area contributed by atoms with E-state index in [1.165, 1.54) is 5.56 Å². The minimum atomic E-state index is 0.0120. The highest BCUT2D eigenvalue weighted by atomic mass is 79.9. The van der Waals surface area contributed by atoms with Gasteiger partial charge in [0.1, 0.15) is 11.9 Å². The van der Waals surface area contributed by atoms with Crippen molar-refractivity contribution >= 4 is 22.0 Å². The molecule has 2 aromatic rings. The topological polar surface area (TPSA) is 9.23 Å². The fourth-order valence-corrected chi connectivity index (χ4v) is 2.28. The molecule has 1 atom stereocenters. The Morgan fingerprint density at radius 1 is 1.00 bits per heavy atom. The van der Waals surface area contributed by atoms with E-state index in [9.17, 15) is 0 Å². The van der Waals surface area contributed by atoms with Crippen molar-refractivity contribution in [1.82, 2.24) is 0 Å². The zero-order valence-corrected chi connectivity index (χ0v) is 10.7. The normalized spacial score (nSPS) is 17.4. The summed E-state index contributed by atoms with van der Waals surface area (Å²) in [5.41, 5.74) is 2.30. The molecule has 0 saturated heterocycles. The lowest BCUT2D eigenvalue weighted by Gasteiger charge is -2.21. The molecule has 3 rings (SSSR count). The van der Waals surface area contributed by atoms with Crippen LogP contribution < -0.4 is 4.74 Å². The van der Waals surface area contributed by atoms with Gasteiger partial charge in [0.2, 0.25) is 0 Å². The van der Waals surface area contributed by atoms with Crippen molar-refractivity contribution in [2.24, 2.45) is 0 Å². The molecule has 0 aromatic heterocycles. The first-order chi connectivity index (χ1) is 8.33. The fraction of sp³-hybridized carbons (Fsp3) is 0.0667. The standard InChI is InChI=1S/C15H11BrO/c16-13-8-6-12-7-9-14(17-15(12)10-13)11-4-2-1-3-5-11/h1-10,14H/t14-/m0/s1. The van der Waals surface area contributed by atoms with Crippen molar-refractivity contribution in [3.8, 4) is 5.75 Å². The minimum Gasteiger partial charge on any atom is -0.481 e. The number of ether oxygens (including phenoxy) is 1. The average Bonchev–Trinajstić information content (AvgIpc) is 2.39. The quantitative estimate of drug-likeness (QED) is 0.745. The third-order valence-electron chi connectivity index (χ3n) is 2.81. The van der Waals surface area contributed by atoms with Crippen LogP contribution in [0.4, 0.5) is 0 Å². The first-order valence-corrected chi connectivity index (χ1v) is 6.31. The van der Waals surface area contributed by atoms with Crippen LogP contribution in [0.2, 0.25) is 0 Å². The lowest BCUT2D eigenvalue weighted by Crippen LogP contribution is -2.08. The highest BCUT2D eigenvalue weighted by molar-refractivity contribution is 9.10. The van der Waals surface area contributed by atoms with Crippen LogP contribution in [0, 0.1) is 0 Å². The number of fused-ring (bicyclic) bond motifs is 1. The van der Waals surface area contributed by atoms with E-state index >= 15 is 0 Å². The molecule has 0 amide bonds. The lowest BCUT2D eigenvalue weighted by molar-refractivity contribution is 0.251. The summed E-state index contributed by atoms with van der Waals surface area (Å²) in [5.74, 6) is 0.927. The van der Waals surface area contributed by atoms with Crippen molar-refractivity contribution in [3.63, 3.8) is 0 Å². The van der Waals surface area contributed by atoms with Gasteiger partial charge in [-0.3, -0.25) is 0 Å². The van der Waals surface area contributed by atoms with Crippen LogP contribution in [0.5, 0.6) is 5.75 Å². The molecular formula is C15H11BrO. The minimum absolute atomic E-state index is 0.0120. The average molecular weight is 287 g/mol. The second-order valence-electron chi connectivity index (χ2n) is 3.99. The molecule has 0 bridgehead atoms. The second-order valence-corrected chi connectivity index (χ2v) is 4.91. The number of halogens is 1. The van der Waals surface area contributed by atoms with Crippen LogP contribution in [-0.4, -0.2) is 0 Å². The maximum absolute atomic E-state index is 5.98. The number of rotatable bonds is 1. The Balaban J connectivity index is 1.95. The van der Waals surface area contributed by atoms with E-state index in [1.54, 1.807) is 0 Å². The van der Waals surface area contributed by atoms with Gasteiger partial charge in [0.15, 0.2) is 0 Å². The van der Waals surface area contributed by atoms with E-state index in [4.69, 9.17) is 4.74 Å². The molecular weight excluding hydrogens is 276 g/mol. The Bertz CT molecular complexity index is 560. The molecule has 17 heavy (non-hydrogen) atoms. The summed E-state index contributed by atoms with van der Waals surface area (Å²) in [5, 5.41) is 0. The third kappa shape index (κ3) is 2.13. The Morgan fingerprint density at radius 3 is 2.65 bits per heavy atom. The zero-order chi connectivity index (χ0) is 11.7. The largest absolute Gasteiger partial charge is 0.481 e. The lowest BCUT2D eigenvalue weighted by atomic mass is 10.0. The first-order valence-electron chi connectivity index (χ1n) is 5.52. The van der Waals surface area contributed by atoms with Crippen molar-refractivity contribution in [2.45, 2.75) is 6.10 Å². The van der Waals surface area contributed by atoms with Gasteiger partial charge in [-0.1, -0.05) is 58.4 Å². The van der Waals surface area contributed by atoms with E-state index < -0.39 is 0 Å². The summed E-state index contributed by atoms with van der Waals surface area (Å²) in [4.78, 5) is 0. The molecule has 84 valence electrons. The van der Waals surface area contributed by atoms with Crippen molar-refractivity contribution in [3.05, 3.63) is 70.2 Å². The number of hydrogen-bond acceptors (Lipinski definition) is 1. The fourth-order valence-electron chi connectivity index (χ4n) is 1.94. The van der Waals surface area contributed by atoms with Crippen LogP contribution in [0.15, 0.2) is 59.1 Å². The maximum Gasteiger partial charge on any atom is 0.142 e. The summed E-state index contributed by atoms with van der Waals surface area (Å²) in [7, 11) is 0. The van der Waals surface area contributed by atoms with E-state index in [0.29, 0.717) is 0 Å². The first kappa shape index (κ1) is 10.6. The third-order valence-corrected chi connectivity index (χ3v) is 3.30. The Labute approximate surface area is 109 Å². The van der Waals surface area contributed by atoms with E-state index in [1.807, 2.05) is 30.3 Å². The highest BCUT2D eigenvalue weighted by Gasteiger charge is 2.16. The van der Waals surface area contributed by atoms with E-state index in [2.05, 4.69) is 46.3 Å². The van der Waals surface area contributed by atoms with Gasteiger partial charge in [-0.15, -0.1) is 0 Å². The molecule has 1 heterocycles. The van der Waals surface area contributed by atoms with Crippen molar-refractivity contribution in [2.75, 3.05) is 0 Å². The van der Waals surface area contributed by atoms with Crippen LogP contribution in [0.25, 0.3) is 6.08 Å². The van der Waals surface area contributed by atoms with Gasteiger partial charge in [0, 0.05) is 10.0 Å². The molecule has 0 unspecified atom stereocenters. The van der Waals surface area contributed by atoms with Gasteiger partial charge in [-0.2, -0.15) is 0 Å². The van der Waals surface area contributed by atoms with Crippen molar-refractivity contribution < 1.29 is 4.74 Å². The molecule has 0 spiro atoms. The van der Waals surface area contributed by atoms with Gasteiger partial charge < -0.3 is 4.74 Å². The molecule has 2 aromatic carbocycles. The van der Waals surface area contributed by atoms with E-state index in [-0.39, 0.29) is 6.10 Å². The molecule has 2 heteroatoms. The second kappa shape index (κ2) is 4.38. The molecule has 0 saturated carbocycles. The van der Waals surface area contributed by atoms with Crippen molar-refractivity contribution in [1.29, 1.82) is 0 Å². The zero-order valence-electron chi connectivity index (χ0n) is 9.14. The molecule has 0 N–H and O–H groups in total. The molecule has 1 nitrogen and oxygen atoms in total.